The Morgan fingerprint density at radius 3 is 2.62 bits per heavy atom. The Morgan fingerprint density at radius 1 is 1.03 bits per heavy atom. The molecule has 1 N–H and O–H groups in total. The smallest absolute Gasteiger partial charge is 0.375 e. The molecule has 0 radical (unpaired) electrons. The third-order valence-corrected chi connectivity index (χ3v) is 4.30. The van der Waals surface area contributed by atoms with Crippen LogP contribution in [0.15, 0.2) is 57.7 Å². The van der Waals surface area contributed by atoms with Gasteiger partial charge in [-0.3, -0.25) is 9.59 Å². The number of benzene rings is 2. The molecule has 1 aromatic heterocycles. The number of ether oxygens (including phenoxy) is 3. The number of esters is 1. The van der Waals surface area contributed by atoms with Crippen LogP contribution in [-0.2, 0) is 9.53 Å². The van der Waals surface area contributed by atoms with Gasteiger partial charge in [-0.1, -0.05) is 12.1 Å². The molecule has 0 unspecified atom stereocenters. The fourth-order valence-corrected chi connectivity index (χ4v) is 2.84. The Hall–Kier alpha value is -3.81. The first-order chi connectivity index (χ1) is 14.0. The van der Waals surface area contributed by atoms with E-state index >= 15 is 0 Å². The second kappa shape index (κ2) is 7.67. The minimum Gasteiger partial charge on any atom is -0.486 e. The van der Waals surface area contributed by atoms with Gasteiger partial charge in [0.05, 0.1) is 5.39 Å². The lowest BCUT2D eigenvalue weighted by molar-refractivity contribution is -0.123. The van der Waals surface area contributed by atoms with Crippen LogP contribution < -0.4 is 20.2 Å². The number of amides is 1. The highest BCUT2D eigenvalue weighted by Gasteiger charge is 2.22. The molecule has 8 nitrogen and oxygen atoms in total. The van der Waals surface area contributed by atoms with Gasteiger partial charge in [-0.05, 0) is 31.2 Å². The molecular weight excluding hydrogens is 378 g/mol. The number of para-hydroxylation sites is 1. The number of hydrogen-bond donors (Lipinski definition) is 1. The lowest BCUT2D eigenvalue weighted by Gasteiger charge is -2.19. The first-order valence-corrected chi connectivity index (χ1v) is 8.95. The fourth-order valence-electron chi connectivity index (χ4n) is 2.84. The normalized spacial score (nSPS) is 13.6. The van der Waals surface area contributed by atoms with Crippen LogP contribution in [0, 0.1) is 0 Å². The number of carbonyl (C=O) groups is 2. The Balaban J connectivity index is 1.44. The zero-order valence-electron chi connectivity index (χ0n) is 15.5. The Morgan fingerprint density at radius 2 is 1.79 bits per heavy atom. The summed E-state index contributed by atoms with van der Waals surface area (Å²) in [5.74, 6) is -0.597. The zero-order valence-corrected chi connectivity index (χ0v) is 15.5. The molecule has 2 heterocycles. The van der Waals surface area contributed by atoms with E-state index < -0.39 is 18.0 Å². The first-order valence-electron chi connectivity index (χ1n) is 8.95. The van der Waals surface area contributed by atoms with Crippen molar-refractivity contribution in [2.45, 2.75) is 13.0 Å². The molecule has 29 heavy (non-hydrogen) atoms. The number of carbonyl (C=O) groups excluding carboxylic acids is 2. The van der Waals surface area contributed by atoms with Gasteiger partial charge < -0.3 is 23.9 Å². The fraction of sp³-hybridized carbons (Fsp3) is 0.190. The Kier molecular flexibility index (Phi) is 4.90. The third kappa shape index (κ3) is 3.91. The largest absolute Gasteiger partial charge is 0.486 e. The van der Waals surface area contributed by atoms with Crippen LogP contribution in [0.3, 0.4) is 0 Å². The van der Waals surface area contributed by atoms with Gasteiger partial charge in [0.15, 0.2) is 23.0 Å². The molecule has 0 aliphatic carbocycles. The molecule has 148 valence electrons. The summed E-state index contributed by atoms with van der Waals surface area (Å²) in [6.45, 7) is 2.32. The molecular formula is C21H17NO7. The van der Waals surface area contributed by atoms with E-state index in [4.69, 9.17) is 18.6 Å². The summed E-state index contributed by atoms with van der Waals surface area (Å²) in [5, 5.41) is 3.00. The highest BCUT2D eigenvalue weighted by atomic mass is 16.6. The van der Waals surface area contributed by atoms with E-state index in [-0.39, 0.29) is 16.8 Å². The summed E-state index contributed by atoms with van der Waals surface area (Å²) >= 11 is 0. The highest BCUT2D eigenvalue weighted by Crippen LogP contribution is 2.32. The highest BCUT2D eigenvalue weighted by molar-refractivity contribution is 5.97. The maximum atomic E-state index is 12.4. The average Bonchev–Trinajstić information content (AvgIpc) is 2.73. The van der Waals surface area contributed by atoms with Crippen molar-refractivity contribution in [2.75, 3.05) is 18.5 Å². The number of fused-ring (bicyclic) bond motifs is 2. The predicted molar refractivity (Wildman–Crippen MR) is 103 cm³/mol. The molecule has 8 heteroatoms. The molecule has 0 fully saturated rings. The van der Waals surface area contributed by atoms with Gasteiger partial charge in [-0.15, -0.1) is 0 Å². The molecule has 3 aromatic rings. The maximum absolute atomic E-state index is 12.4. The lowest BCUT2D eigenvalue weighted by Crippen LogP contribution is -2.30. The molecule has 1 atom stereocenters. The number of anilines is 1. The lowest BCUT2D eigenvalue weighted by atomic mass is 10.2. The molecule has 0 bridgehead atoms. The summed E-state index contributed by atoms with van der Waals surface area (Å²) in [7, 11) is 0. The van der Waals surface area contributed by atoms with Crippen LogP contribution in [0.4, 0.5) is 5.69 Å². The quantitative estimate of drug-likeness (QED) is 0.678. The van der Waals surface area contributed by atoms with Crippen LogP contribution in [0.2, 0.25) is 0 Å². The first kappa shape index (κ1) is 18.5. The van der Waals surface area contributed by atoms with Crippen molar-refractivity contribution in [1.82, 2.24) is 0 Å². The molecule has 1 aliphatic rings. The van der Waals surface area contributed by atoms with Gasteiger partial charge in [-0.2, -0.15) is 0 Å². The topological polar surface area (TPSA) is 104 Å². The standard InChI is InChI=1S/C21H17NO7/c1-12(20(24)22-13-6-7-17-18(10-13)27-9-8-26-17)28-21(25)19-11-15(23)14-4-2-3-5-16(14)29-19/h2-7,10-12H,8-9H2,1H3,(H,22,24)/t12-/m0/s1. The number of nitrogens with one attached hydrogen (secondary N) is 1. The van der Waals surface area contributed by atoms with Gasteiger partial charge in [-0.25, -0.2) is 4.79 Å². The second-order valence-electron chi connectivity index (χ2n) is 6.37. The molecule has 0 saturated heterocycles. The zero-order chi connectivity index (χ0) is 20.4. The van der Waals surface area contributed by atoms with Gasteiger partial charge in [0.2, 0.25) is 5.76 Å². The molecule has 4 rings (SSSR count). The van der Waals surface area contributed by atoms with E-state index in [1.165, 1.54) is 6.92 Å². The SMILES string of the molecule is C[C@H](OC(=O)c1cc(=O)c2ccccc2o1)C(=O)Nc1ccc2c(c1)OCCO2. The van der Waals surface area contributed by atoms with Gasteiger partial charge in [0, 0.05) is 17.8 Å². The summed E-state index contributed by atoms with van der Waals surface area (Å²) in [5.41, 5.74) is 0.368. The van der Waals surface area contributed by atoms with Crippen LogP contribution in [0.25, 0.3) is 11.0 Å². The Labute approximate surface area is 165 Å². The van der Waals surface area contributed by atoms with Crippen molar-refractivity contribution >= 4 is 28.5 Å². The Bertz CT molecular complexity index is 1150. The molecule has 1 amide bonds. The van der Waals surface area contributed by atoms with Gasteiger partial charge in [0.25, 0.3) is 5.91 Å². The third-order valence-electron chi connectivity index (χ3n) is 4.30. The summed E-state index contributed by atoms with van der Waals surface area (Å²) in [6, 6.07) is 12.6. The van der Waals surface area contributed by atoms with Gasteiger partial charge in [0.1, 0.15) is 18.8 Å². The summed E-state index contributed by atoms with van der Waals surface area (Å²) in [6.07, 6.45) is -1.12. The van der Waals surface area contributed by atoms with Crippen molar-refractivity contribution in [3.63, 3.8) is 0 Å². The van der Waals surface area contributed by atoms with Crippen LogP contribution in [0.5, 0.6) is 11.5 Å². The minimum absolute atomic E-state index is 0.264. The summed E-state index contributed by atoms with van der Waals surface area (Å²) < 4.78 is 21.5. The van der Waals surface area contributed by atoms with Crippen LogP contribution in [0.1, 0.15) is 17.5 Å². The molecule has 0 saturated carbocycles. The van der Waals surface area contributed by atoms with Crippen LogP contribution in [-0.4, -0.2) is 31.2 Å². The van der Waals surface area contributed by atoms with Crippen molar-refractivity contribution in [2.24, 2.45) is 0 Å². The van der Waals surface area contributed by atoms with Crippen molar-refractivity contribution in [3.8, 4) is 11.5 Å². The van der Waals surface area contributed by atoms with Gasteiger partial charge >= 0.3 is 5.97 Å². The maximum Gasteiger partial charge on any atom is 0.375 e. The van der Waals surface area contributed by atoms with Crippen molar-refractivity contribution in [1.29, 1.82) is 0 Å². The van der Waals surface area contributed by atoms with E-state index in [1.807, 2.05) is 0 Å². The molecule has 0 spiro atoms. The predicted octanol–water partition coefficient (Wildman–Crippen LogP) is 2.75. The average molecular weight is 395 g/mol. The summed E-state index contributed by atoms with van der Waals surface area (Å²) in [4.78, 5) is 36.8. The van der Waals surface area contributed by atoms with Crippen LogP contribution >= 0.6 is 0 Å². The van der Waals surface area contributed by atoms with E-state index in [2.05, 4.69) is 5.32 Å². The van der Waals surface area contributed by atoms with E-state index in [0.29, 0.717) is 35.8 Å². The van der Waals surface area contributed by atoms with E-state index in [1.54, 1.807) is 42.5 Å². The number of hydrogen-bond acceptors (Lipinski definition) is 7. The molecule has 1 aliphatic heterocycles. The number of rotatable bonds is 4. The van der Waals surface area contributed by atoms with E-state index in [0.717, 1.165) is 6.07 Å². The second-order valence-corrected chi connectivity index (χ2v) is 6.37. The van der Waals surface area contributed by atoms with Crippen molar-refractivity contribution < 1.29 is 28.2 Å². The van der Waals surface area contributed by atoms with Crippen molar-refractivity contribution in [3.05, 3.63) is 64.5 Å². The minimum atomic E-state index is -1.12. The van der Waals surface area contributed by atoms with E-state index in [9.17, 15) is 14.4 Å². The molecule has 2 aromatic carbocycles. The monoisotopic (exact) mass is 395 g/mol.